The Labute approximate surface area is 115 Å². The SMILES string of the molecule is CN(CC1CCCCC1)c1cc(Cl)ccc1CN. The predicted molar refractivity (Wildman–Crippen MR) is 79.2 cm³/mol. The lowest BCUT2D eigenvalue weighted by atomic mass is 9.89. The topological polar surface area (TPSA) is 29.3 Å². The van der Waals surface area contributed by atoms with Crippen molar-refractivity contribution in [1.82, 2.24) is 0 Å². The summed E-state index contributed by atoms with van der Waals surface area (Å²) in [4.78, 5) is 2.32. The smallest absolute Gasteiger partial charge is 0.0426 e. The lowest BCUT2D eigenvalue weighted by molar-refractivity contribution is 0.362. The van der Waals surface area contributed by atoms with E-state index < -0.39 is 0 Å². The zero-order valence-corrected chi connectivity index (χ0v) is 11.9. The molecular weight excluding hydrogens is 244 g/mol. The summed E-state index contributed by atoms with van der Waals surface area (Å²) in [6, 6.07) is 5.99. The number of rotatable bonds is 4. The maximum Gasteiger partial charge on any atom is 0.0426 e. The molecule has 0 saturated heterocycles. The first kappa shape index (κ1) is 13.7. The van der Waals surface area contributed by atoms with Gasteiger partial charge in [0, 0.05) is 30.8 Å². The van der Waals surface area contributed by atoms with Gasteiger partial charge in [-0.05, 0) is 36.5 Å². The van der Waals surface area contributed by atoms with Crippen LogP contribution in [0, 0.1) is 5.92 Å². The highest BCUT2D eigenvalue weighted by atomic mass is 35.5. The van der Waals surface area contributed by atoms with E-state index in [1.807, 2.05) is 18.2 Å². The fourth-order valence-corrected chi connectivity index (χ4v) is 3.09. The third-order valence-electron chi connectivity index (χ3n) is 3.94. The zero-order valence-electron chi connectivity index (χ0n) is 11.2. The van der Waals surface area contributed by atoms with Crippen molar-refractivity contribution in [2.75, 3.05) is 18.5 Å². The van der Waals surface area contributed by atoms with E-state index in [1.165, 1.54) is 43.4 Å². The van der Waals surface area contributed by atoms with E-state index in [1.54, 1.807) is 0 Å². The Balaban J connectivity index is 2.07. The van der Waals surface area contributed by atoms with Crippen molar-refractivity contribution in [2.24, 2.45) is 11.7 Å². The Kier molecular flexibility index (Phi) is 4.90. The highest BCUT2D eigenvalue weighted by Crippen LogP contribution is 2.28. The number of halogens is 1. The third-order valence-corrected chi connectivity index (χ3v) is 4.17. The van der Waals surface area contributed by atoms with Gasteiger partial charge < -0.3 is 10.6 Å². The van der Waals surface area contributed by atoms with Gasteiger partial charge in [0.15, 0.2) is 0 Å². The van der Waals surface area contributed by atoms with Crippen LogP contribution < -0.4 is 10.6 Å². The van der Waals surface area contributed by atoms with Crippen LogP contribution in [0.5, 0.6) is 0 Å². The summed E-state index contributed by atoms with van der Waals surface area (Å²) < 4.78 is 0. The van der Waals surface area contributed by atoms with Crippen LogP contribution in [0.15, 0.2) is 18.2 Å². The Hall–Kier alpha value is -0.730. The second-order valence-corrected chi connectivity index (χ2v) is 5.80. The summed E-state index contributed by atoms with van der Waals surface area (Å²) in [6.45, 7) is 1.69. The van der Waals surface area contributed by atoms with E-state index >= 15 is 0 Å². The lowest BCUT2D eigenvalue weighted by Gasteiger charge is -2.29. The van der Waals surface area contributed by atoms with Gasteiger partial charge in [0.25, 0.3) is 0 Å². The minimum atomic E-state index is 0.571. The Morgan fingerprint density at radius 2 is 2.00 bits per heavy atom. The molecule has 0 radical (unpaired) electrons. The van der Waals surface area contributed by atoms with Gasteiger partial charge in [-0.25, -0.2) is 0 Å². The Morgan fingerprint density at radius 1 is 1.28 bits per heavy atom. The van der Waals surface area contributed by atoms with Crippen LogP contribution in [0.1, 0.15) is 37.7 Å². The van der Waals surface area contributed by atoms with Crippen LogP contribution >= 0.6 is 11.6 Å². The monoisotopic (exact) mass is 266 g/mol. The van der Waals surface area contributed by atoms with Gasteiger partial charge in [-0.1, -0.05) is 36.9 Å². The summed E-state index contributed by atoms with van der Waals surface area (Å²) >= 11 is 6.09. The van der Waals surface area contributed by atoms with Crippen molar-refractivity contribution in [3.63, 3.8) is 0 Å². The van der Waals surface area contributed by atoms with Crippen molar-refractivity contribution in [1.29, 1.82) is 0 Å². The molecule has 0 amide bonds. The van der Waals surface area contributed by atoms with Gasteiger partial charge in [-0.2, -0.15) is 0 Å². The van der Waals surface area contributed by atoms with Gasteiger partial charge >= 0.3 is 0 Å². The molecule has 100 valence electrons. The van der Waals surface area contributed by atoms with E-state index in [4.69, 9.17) is 17.3 Å². The standard InChI is InChI=1S/C15H23ClN2/c1-18(11-12-5-3-2-4-6-12)15-9-14(16)8-7-13(15)10-17/h7-9,12H,2-6,10-11,17H2,1H3. The summed E-state index contributed by atoms with van der Waals surface area (Å²) in [5.41, 5.74) is 8.17. The molecule has 0 aliphatic heterocycles. The molecule has 2 nitrogen and oxygen atoms in total. The molecule has 2 rings (SSSR count). The molecule has 0 spiro atoms. The van der Waals surface area contributed by atoms with Crippen molar-refractivity contribution >= 4 is 17.3 Å². The molecule has 1 aliphatic rings. The van der Waals surface area contributed by atoms with Crippen LogP contribution in [0.3, 0.4) is 0 Å². The molecule has 2 N–H and O–H groups in total. The van der Waals surface area contributed by atoms with Gasteiger partial charge in [-0.15, -0.1) is 0 Å². The van der Waals surface area contributed by atoms with Crippen molar-refractivity contribution in [2.45, 2.75) is 38.6 Å². The lowest BCUT2D eigenvalue weighted by Crippen LogP contribution is -2.27. The fraction of sp³-hybridized carbons (Fsp3) is 0.600. The average Bonchev–Trinajstić information content (AvgIpc) is 2.40. The second kappa shape index (κ2) is 6.44. The van der Waals surface area contributed by atoms with Crippen LogP contribution in [-0.2, 0) is 6.54 Å². The highest BCUT2D eigenvalue weighted by molar-refractivity contribution is 6.30. The molecule has 1 aromatic carbocycles. The second-order valence-electron chi connectivity index (χ2n) is 5.36. The van der Waals surface area contributed by atoms with E-state index in [0.717, 1.165) is 17.5 Å². The molecule has 1 fully saturated rings. The number of benzene rings is 1. The molecule has 0 bridgehead atoms. The first-order valence-corrected chi connectivity index (χ1v) is 7.28. The summed E-state index contributed by atoms with van der Waals surface area (Å²) in [6.07, 6.45) is 6.91. The van der Waals surface area contributed by atoms with Crippen LogP contribution in [0.2, 0.25) is 5.02 Å². The number of hydrogen-bond acceptors (Lipinski definition) is 2. The summed E-state index contributed by atoms with van der Waals surface area (Å²) in [5.74, 6) is 0.827. The number of hydrogen-bond donors (Lipinski definition) is 1. The predicted octanol–water partition coefficient (Wildman–Crippen LogP) is 3.82. The van der Waals surface area contributed by atoms with Gasteiger partial charge in [0.1, 0.15) is 0 Å². The van der Waals surface area contributed by atoms with Crippen molar-refractivity contribution in [3.05, 3.63) is 28.8 Å². The van der Waals surface area contributed by atoms with Crippen molar-refractivity contribution in [3.8, 4) is 0 Å². The highest BCUT2D eigenvalue weighted by Gasteiger charge is 2.17. The maximum absolute atomic E-state index is 6.09. The maximum atomic E-state index is 6.09. The molecule has 0 heterocycles. The number of nitrogens with zero attached hydrogens (tertiary/aromatic N) is 1. The van der Waals surface area contributed by atoms with E-state index in [9.17, 15) is 0 Å². The molecular formula is C15H23ClN2. The zero-order chi connectivity index (χ0) is 13.0. The minimum Gasteiger partial charge on any atom is -0.374 e. The number of nitrogens with two attached hydrogens (primary N) is 1. The molecule has 0 unspecified atom stereocenters. The molecule has 3 heteroatoms. The van der Waals surface area contributed by atoms with E-state index in [2.05, 4.69) is 11.9 Å². The van der Waals surface area contributed by atoms with Crippen molar-refractivity contribution < 1.29 is 0 Å². The number of anilines is 1. The normalized spacial score (nSPS) is 16.8. The molecule has 0 aromatic heterocycles. The quantitative estimate of drug-likeness (QED) is 0.898. The van der Waals surface area contributed by atoms with E-state index in [-0.39, 0.29) is 0 Å². The fourth-order valence-electron chi connectivity index (χ4n) is 2.92. The first-order valence-electron chi connectivity index (χ1n) is 6.90. The largest absolute Gasteiger partial charge is 0.374 e. The molecule has 1 aliphatic carbocycles. The Morgan fingerprint density at radius 3 is 2.67 bits per heavy atom. The summed E-state index contributed by atoms with van der Waals surface area (Å²) in [7, 11) is 2.15. The van der Waals surface area contributed by atoms with Crippen LogP contribution in [-0.4, -0.2) is 13.6 Å². The Bertz CT molecular complexity index is 386. The summed E-state index contributed by atoms with van der Waals surface area (Å²) in [5, 5.41) is 0.790. The minimum absolute atomic E-state index is 0.571. The molecule has 0 atom stereocenters. The van der Waals surface area contributed by atoms with Crippen LogP contribution in [0.4, 0.5) is 5.69 Å². The molecule has 1 saturated carbocycles. The first-order chi connectivity index (χ1) is 8.70. The molecule has 1 aromatic rings. The van der Waals surface area contributed by atoms with Gasteiger partial charge in [0.05, 0.1) is 0 Å². The molecule has 18 heavy (non-hydrogen) atoms. The van der Waals surface area contributed by atoms with Gasteiger partial charge in [-0.3, -0.25) is 0 Å². The van der Waals surface area contributed by atoms with E-state index in [0.29, 0.717) is 6.54 Å². The van der Waals surface area contributed by atoms with Crippen LogP contribution in [0.25, 0.3) is 0 Å². The third kappa shape index (κ3) is 3.39. The van der Waals surface area contributed by atoms with Gasteiger partial charge in [0.2, 0.25) is 0 Å². The average molecular weight is 267 g/mol.